The van der Waals surface area contributed by atoms with Gasteiger partial charge in [0.15, 0.2) is 0 Å². The number of aromatic amines is 1. The van der Waals surface area contributed by atoms with Crippen LogP contribution in [0.4, 0.5) is 11.5 Å². The van der Waals surface area contributed by atoms with Crippen LogP contribution in [-0.2, 0) is 4.74 Å². The molecule has 0 radical (unpaired) electrons. The van der Waals surface area contributed by atoms with Crippen molar-refractivity contribution in [2.24, 2.45) is 5.73 Å². The molecule has 0 aromatic carbocycles. The van der Waals surface area contributed by atoms with Gasteiger partial charge in [0.1, 0.15) is 17.0 Å². The Kier molecular flexibility index (Phi) is 4.58. The molecule has 5 rings (SSSR count). The molecule has 0 unspecified atom stereocenters. The minimum atomic E-state index is 0.297. The first-order valence-electron chi connectivity index (χ1n) is 9.92. The fourth-order valence-electron chi connectivity index (χ4n) is 4.06. The second kappa shape index (κ2) is 7.37. The van der Waals surface area contributed by atoms with E-state index < -0.39 is 0 Å². The molecule has 2 aliphatic heterocycles. The molecule has 146 valence electrons. The van der Waals surface area contributed by atoms with Gasteiger partial charge in [0.05, 0.1) is 18.9 Å². The average molecular weight is 379 g/mol. The Morgan fingerprint density at radius 1 is 1.04 bits per heavy atom. The summed E-state index contributed by atoms with van der Waals surface area (Å²) < 4.78 is 5.53. The van der Waals surface area contributed by atoms with Gasteiger partial charge in [-0.1, -0.05) is 0 Å². The van der Waals surface area contributed by atoms with E-state index in [1.54, 1.807) is 6.20 Å². The lowest BCUT2D eigenvalue weighted by molar-refractivity contribution is 0.122. The maximum absolute atomic E-state index is 6.14. The maximum Gasteiger partial charge on any atom is 0.131 e. The highest BCUT2D eigenvalue weighted by Crippen LogP contribution is 2.35. The maximum atomic E-state index is 6.14. The summed E-state index contributed by atoms with van der Waals surface area (Å²) in [6.07, 6.45) is 5.62. The fraction of sp³-hybridized carbons (Fsp3) is 0.450. The number of morpholine rings is 1. The zero-order valence-electron chi connectivity index (χ0n) is 15.8. The molecule has 3 aromatic rings. The van der Waals surface area contributed by atoms with E-state index >= 15 is 0 Å². The van der Waals surface area contributed by atoms with Gasteiger partial charge < -0.3 is 20.3 Å². The lowest BCUT2D eigenvalue weighted by atomic mass is 10.0. The summed E-state index contributed by atoms with van der Waals surface area (Å²) in [5, 5.41) is 8.25. The molecule has 2 aliphatic rings. The number of rotatable bonds is 3. The minimum Gasteiger partial charge on any atom is -0.378 e. The number of nitrogens with two attached hydrogens (primary N) is 1. The van der Waals surface area contributed by atoms with Crippen molar-refractivity contribution >= 4 is 22.4 Å². The third-order valence-corrected chi connectivity index (χ3v) is 5.66. The Morgan fingerprint density at radius 2 is 1.86 bits per heavy atom. The molecule has 0 bridgehead atoms. The average Bonchev–Trinajstić information content (AvgIpc) is 3.28. The monoisotopic (exact) mass is 379 g/mol. The van der Waals surface area contributed by atoms with E-state index in [0.29, 0.717) is 6.04 Å². The highest BCUT2D eigenvalue weighted by molar-refractivity contribution is 6.00. The topological polar surface area (TPSA) is 96.2 Å². The molecular formula is C20H25N7O. The van der Waals surface area contributed by atoms with Crippen molar-refractivity contribution in [1.29, 1.82) is 0 Å². The number of anilines is 2. The van der Waals surface area contributed by atoms with Gasteiger partial charge in [-0.2, -0.15) is 5.10 Å². The van der Waals surface area contributed by atoms with E-state index in [1.165, 1.54) is 5.69 Å². The normalized spacial score (nSPS) is 18.8. The fourth-order valence-corrected chi connectivity index (χ4v) is 4.06. The van der Waals surface area contributed by atoms with E-state index in [9.17, 15) is 0 Å². The van der Waals surface area contributed by atoms with Crippen LogP contribution in [0.5, 0.6) is 0 Å². The molecule has 8 nitrogen and oxygen atoms in total. The molecule has 3 N–H and O–H groups in total. The van der Waals surface area contributed by atoms with E-state index in [1.807, 2.05) is 12.3 Å². The summed E-state index contributed by atoms with van der Waals surface area (Å²) in [6, 6.07) is 6.52. The summed E-state index contributed by atoms with van der Waals surface area (Å²) in [7, 11) is 0. The summed E-state index contributed by atoms with van der Waals surface area (Å²) >= 11 is 0. The van der Waals surface area contributed by atoms with Crippen LogP contribution in [0.25, 0.3) is 22.3 Å². The van der Waals surface area contributed by atoms with Gasteiger partial charge >= 0.3 is 0 Å². The molecule has 0 aliphatic carbocycles. The van der Waals surface area contributed by atoms with Gasteiger partial charge in [-0.05, 0) is 25.0 Å². The molecular weight excluding hydrogens is 354 g/mol. The Morgan fingerprint density at radius 3 is 2.61 bits per heavy atom. The first-order chi connectivity index (χ1) is 13.8. The molecule has 28 heavy (non-hydrogen) atoms. The van der Waals surface area contributed by atoms with Crippen LogP contribution >= 0.6 is 0 Å². The summed E-state index contributed by atoms with van der Waals surface area (Å²) in [5.74, 6) is 0.981. The number of nitrogens with one attached hydrogen (secondary N) is 1. The number of fused-ring (bicyclic) bond motifs is 1. The lowest BCUT2D eigenvalue weighted by Gasteiger charge is -2.34. The number of pyridine rings is 2. The van der Waals surface area contributed by atoms with Crippen LogP contribution in [0.3, 0.4) is 0 Å². The molecule has 2 saturated heterocycles. The number of piperidine rings is 1. The van der Waals surface area contributed by atoms with Gasteiger partial charge in [0, 0.05) is 61.8 Å². The van der Waals surface area contributed by atoms with Gasteiger partial charge in [0.25, 0.3) is 0 Å². The SMILES string of the molecule is NC1CCN(c2cc(N3CCOCC3)nc3c(-c4ccn[nH]4)nccc23)CC1. The van der Waals surface area contributed by atoms with Crippen molar-refractivity contribution in [3.05, 3.63) is 30.6 Å². The van der Waals surface area contributed by atoms with Gasteiger partial charge in [-0.3, -0.25) is 10.1 Å². The summed E-state index contributed by atoms with van der Waals surface area (Å²) in [6.45, 7) is 5.09. The van der Waals surface area contributed by atoms with Crippen molar-refractivity contribution in [2.75, 3.05) is 49.2 Å². The number of ether oxygens (including phenoxy) is 1. The number of aromatic nitrogens is 4. The highest BCUT2D eigenvalue weighted by atomic mass is 16.5. The first kappa shape index (κ1) is 17.4. The van der Waals surface area contributed by atoms with E-state index in [-0.39, 0.29) is 0 Å². The number of H-pyrrole nitrogens is 1. The number of hydrogen-bond donors (Lipinski definition) is 2. The molecule has 2 fully saturated rings. The summed E-state index contributed by atoms with van der Waals surface area (Å²) in [4.78, 5) is 14.4. The first-order valence-corrected chi connectivity index (χ1v) is 9.92. The third kappa shape index (κ3) is 3.18. The Hall–Kier alpha value is -2.71. The van der Waals surface area contributed by atoms with Crippen molar-refractivity contribution in [3.8, 4) is 11.4 Å². The second-order valence-corrected chi connectivity index (χ2v) is 7.45. The van der Waals surface area contributed by atoms with Crippen LogP contribution in [0.15, 0.2) is 30.6 Å². The quantitative estimate of drug-likeness (QED) is 0.716. The zero-order chi connectivity index (χ0) is 18.9. The molecule has 5 heterocycles. The van der Waals surface area contributed by atoms with E-state index in [0.717, 1.165) is 80.3 Å². The highest BCUT2D eigenvalue weighted by Gasteiger charge is 2.23. The lowest BCUT2D eigenvalue weighted by Crippen LogP contribution is -2.40. The molecule has 8 heteroatoms. The van der Waals surface area contributed by atoms with E-state index in [4.69, 9.17) is 15.5 Å². The standard InChI is InChI=1S/C20H25N7O/c21-14-3-7-26(8-4-14)17-13-18(27-9-11-28-12-10-27)24-19-15(17)1-5-22-20(19)16-2-6-23-25-16/h1-2,5-6,13-14H,3-4,7-12,21H2,(H,23,25). The molecule has 0 saturated carbocycles. The predicted molar refractivity (Wildman–Crippen MR) is 110 cm³/mol. The molecule has 3 aromatic heterocycles. The van der Waals surface area contributed by atoms with E-state index in [2.05, 4.69) is 37.1 Å². The smallest absolute Gasteiger partial charge is 0.131 e. The van der Waals surface area contributed by atoms with Gasteiger partial charge in [0.2, 0.25) is 0 Å². The van der Waals surface area contributed by atoms with Crippen molar-refractivity contribution in [2.45, 2.75) is 18.9 Å². The number of nitrogens with zero attached hydrogens (tertiary/aromatic N) is 5. The van der Waals surface area contributed by atoms with Crippen molar-refractivity contribution in [3.63, 3.8) is 0 Å². The Labute approximate surface area is 163 Å². The van der Waals surface area contributed by atoms with Crippen molar-refractivity contribution in [1.82, 2.24) is 20.2 Å². The van der Waals surface area contributed by atoms with Gasteiger partial charge in [-0.25, -0.2) is 4.98 Å². The Bertz CT molecular complexity index is 945. The predicted octanol–water partition coefficient (Wildman–Crippen LogP) is 1.78. The minimum absolute atomic E-state index is 0.297. The largest absolute Gasteiger partial charge is 0.378 e. The molecule has 0 spiro atoms. The van der Waals surface area contributed by atoms with Crippen LogP contribution < -0.4 is 15.5 Å². The molecule has 0 amide bonds. The third-order valence-electron chi connectivity index (χ3n) is 5.66. The Balaban J connectivity index is 1.67. The van der Waals surface area contributed by atoms with Gasteiger partial charge in [-0.15, -0.1) is 0 Å². The molecule has 0 atom stereocenters. The summed E-state index contributed by atoms with van der Waals surface area (Å²) in [5.41, 5.74) is 9.97. The second-order valence-electron chi connectivity index (χ2n) is 7.45. The van der Waals surface area contributed by atoms with Crippen molar-refractivity contribution < 1.29 is 4.74 Å². The van der Waals surface area contributed by atoms with Crippen LogP contribution in [0.1, 0.15) is 12.8 Å². The van der Waals surface area contributed by atoms with Crippen LogP contribution in [0, 0.1) is 0 Å². The zero-order valence-corrected chi connectivity index (χ0v) is 15.8. The van der Waals surface area contributed by atoms with Crippen LogP contribution in [-0.4, -0.2) is 65.6 Å². The van der Waals surface area contributed by atoms with Crippen LogP contribution in [0.2, 0.25) is 0 Å². The number of hydrogen-bond acceptors (Lipinski definition) is 7.